The highest BCUT2D eigenvalue weighted by atomic mass is 16.3. The fraction of sp³-hybridized carbons (Fsp3) is 0.438. The minimum absolute atomic E-state index is 0.00535. The normalized spacial score (nSPS) is 12.5. The van der Waals surface area contributed by atoms with Crippen molar-refractivity contribution in [3.63, 3.8) is 0 Å². The molecule has 0 radical (unpaired) electrons. The molecule has 2 aromatic heterocycles. The maximum atomic E-state index is 12.7. The van der Waals surface area contributed by atoms with Crippen molar-refractivity contribution in [3.8, 4) is 5.69 Å². The molecule has 6 nitrogen and oxygen atoms in total. The maximum absolute atomic E-state index is 12.7. The lowest BCUT2D eigenvalue weighted by molar-refractivity contribution is 0.0578. The van der Waals surface area contributed by atoms with Crippen molar-refractivity contribution in [3.05, 3.63) is 42.0 Å². The predicted octanol–water partition coefficient (Wildman–Crippen LogP) is 1.81. The number of carbonyl (C=O) groups excluding carboxylic acids is 1. The molecule has 0 saturated heterocycles. The second-order valence-electron chi connectivity index (χ2n) is 5.66. The summed E-state index contributed by atoms with van der Waals surface area (Å²) in [4.78, 5) is 18.4. The average Bonchev–Trinajstić information content (AvgIpc) is 2.86. The van der Waals surface area contributed by atoms with Crippen molar-refractivity contribution in [1.29, 1.82) is 0 Å². The van der Waals surface area contributed by atoms with Crippen molar-refractivity contribution >= 4 is 5.91 Å². The fourth-order valence-electron chi connectivity index (χ4n) is 2.33. The summed E-state index contributed by atoms with van der Waals surface area (Å²) in [6, 6.07) is 3.68. The molecule has 22 heavy (non-hydrogen) atoms. The van der Waals surface area contributed by atoms with E-state index in [1.54, 1.807) is 35.1 Å². The Hall–Kier alpha value is -2.21. The van der Waals surface area contributed by atoms with Gasteiger partial charge in [0.1, 0.15) is 0 Å². The molecule has 118 valence electrons. The first-order chi connectivity index (χ1) is 10.4. The third kappa shape index (κ3) is 3.33. The molecule has 2 heterocycles. The summed E-state index contributed by atoms with van der Waals surface area (Å²) in [5.74, 6) is -0.117. The molecule has 2 aromatic rings. The Balaban J connectivity index is 2.33. The van der Waals surface area contributed by atoms with Gasteiger partial charge in [-0.05, 0) is 39.8 Å². The van der Waals surface area contributed by atoms with Crippen LogP contribution < -0.4 is 0 Å². The fourth-order valence-corrected chi connectivity index (χ4v) is 2.33. The highest BCUT2D eigenvalue weighted by Gasteiger charge is 2.24. The number of aliphatic hydroxyl groups excluding tert-OH is 1. The van der Waals surface area contributed by atoms with E-state index < -0.39 is 6.10 Å². The first-order valence-electron chi connectivity index (χ1n) is 7.36. The zero-order valence-electron chi connectivity index (χ0n) is 13.4. The minimum Gasteiger partial charge on any atom is -0.392 e. The number of aromatic nitrogens is 3. The number of nitrogens with zero attached hydrogens (tertiary/aromatic N) is 4. The zero-order valence-corrected chi connectivity index (χ0v) is 13.4. The van der Waals surface area contributed by atoms with Gasteiger partial charge in [0.2, 0.25) is 0 Å². The average molecular weight is 302 g/mol. The Labute approximate surface area is 130 Å². The van der Waals surface area contributed by atoms with Crippen molar-refractivity contribution in [1.82, 2.24) is 19.7 Å². The van der Waals surface area contributed by atoms with Crippen LogP contribution in [0.1, 0.15) is 36.8 Å². The van der Waals surface area contributed by atoms with Crippen molar-refractivity contribution in [2.45, 2.75) is 39.8 Å². The van der Waals surface area contributed by atoms with Gasteiger partial charge >= 0.3 is 0 Å². The van der Waals surface area contributed by atoms with Gasteiger partial charge in [-0.3, -0.25) is 9.78 Å². The lowest BCUT2D eigenvalue weighted by Crippen LogP contribution is -2.41. The largest absolute Gasteiger partial charge is 0.392 e. The van der Waals surface area contributed by atoms with E-state index in [2.05, 4.69) is 10.1 Å². The molecular formula is C16H22N4O2. The number of aliphatic hydroxyl groups is 1. The van der Waals surface area contributed by atoms with Gasteiger partial charge in [-0.15, -0.1) is 0 Å². The molecule has 6 heteroatoms. The Kier molecular flexibility index (Phi) is 4.92. The van der Waals surface area contributed by atoms with Gasteiger partial charge in [0.25, 0.3) is 5.91 Å². The molecule has 0 bridgehead atoms. The summed E-state index contributed by atoms with van der Waals surface area (Å²) in [6.45, 7) is 7.71. The van der Waals surface area contributed by atoms with E-state index in [4.69, 9.17) is 0 Å². The summed E-state index contributed by atoms with van der Waals surface area (Å²) in [7, 11) is 0. The van der Waals surface area contributed by atoms with E-state index in [-0.39, 0.29) is 11.9 Å². The van der Waals surface area contributed by atoms with Crippen LogP contribution in [0.5, 0.6) is 0 Å². The summed E-state index contributed by atoms with van der Waals surface area (Å²) < 4.78 is 1.72. The van der Waals surface area contributed by atoms with Gasteiger partial charge in [0, 0.05) is 25.0 Å². The third-order valence-electron chi connectivity index (χ3n) is 3.49. The second kappa shape index (κ2) is 6.70. The monoisotopic (exact) mass is 302 g/mol. The quantitative estimate of drug-likeness (QED) is 0.914. The molecule has 0 saturated carbocycles. The van der Waals surface area contributed by atoms with Crippen LogP contribution >= 0.6 is 0 Å². The van der Waals surface area contributed by atoms with E-state index in [0.717, 1.165) is 11.4 Å². The molecule has 1 amide bonds. The highest BCUT2D eigenvalue weighted by Crippen LogP contribution is 2.17. The number of pyridine rings is 1. The molecule has 0 spiro atoms. The SMILES string of the molecule is Cc1c(C(=O)N(CC(C)O)C(C)C)cnn1-c1ccncc1. The number of rotatable bonds is 5. The van der Waals surface area contributed by atoms with Crippen molar-refractivity contribution < 1.29 is 9.90 Å². The Bertz CT molecular complexity index is 635. The molecule has 1 unspecified atom stereocenters. The van der Waals surface area contributed by atoms with E-state index in [9.17, 15) is 9.90 Å². The van der Waals surface area contributed by atoms with Crippen LogP contribution in [0, 0.1) is 6.92 Å². The smallest absolute Gasteiger partial charge is 0.257 e. The maximum Gasteiger partial charge on any atom is 0.257 e. The second-order valence-corrected chi connectivity index (χ2v) is 5.66. The topological polar surface area (TPSA) is 71.2 Å². The lowest BCUT2D eigenvalue weighted by Gasteiger charge is -2.27. The summed E-state index contributed by atoms with van der Waals surface area (Å²) in [5, 5.41) is 13.9. The van der Waals surface area contributed by atoms with Crippen LogP contribution in [0.15, 0.2) is 30.7 Å². The van der Waals surface area contributed by atoms with Gasteiger partial charge in [0.05, 0.1) is 29.2 Å². The van der Waals surface area contributed by atoms with Gasteiger partial charge < -0.3 is 10.0 Å². The zero-order chi connectivity index (χ0) is 16.3. The number of hydrogen-bond acceptors (Lipinski definition) is 4. The molecule has 0 aliphatic rings. The Morgan fingerprint density at radius 2 is 1.95 bits per heavy atom. The van der Waals surface area contributed by atoms with E-state index in [1.165, 1.54) is 0 Å². The summed E-state index contributed by atoms with van der Waals surface area (Å²) in [5.41, 5.74) is 2.18. The van der Waals surface area contributed by atoms with Crippen LogP contribution in [-0.2, 0) is 0 Å². The first kappa shape index (κ1) is 16.2. The molecule has 0 aliphatic carbocycles. The molecule has 0 aliphatic heterocycles. The van der Waals surface area contributed by atoms with Crippen LogP contribution in [0.25, 0.3) is 5.69 Å². The van der Waals surface area contributed by atoms with E-state index >= 15 is 0 Å². The predicted molar refractivity (Wildman–Crippen MR) is 83.9 cm³/mol. The molecule has 0 aromatic carbocycles. The first-order valence-corrected chi connectivity index (χ1v) is 7.36. The van der Waals surface area contributed by atoms with Crippen LogP contribution in [-0.4, -0.2) is 49.4 Å². The van der Waals surface area contributed by atoms with Crippen LogP contribution in [0.3, 0.4) is 0 Å². The van der Waals surface area contributed by atoms with Gasteiger partial charge in [-0.25, -0.2) is 4.68 Å². The van der Waals surface area contributed by atoms with Crippen LogP contribution in [0.2, 0.25) is 0 Å². The molecule has 1 atom stereocenters. The van der Waals surface area contributed by atoms with Gasteiger partial charge in [-0.2, -0.15) is 5.10 Å². The number of amides is 1. The molecular weight excluding hydrogens is 280 g/mol. The minimum atomic E-state index is -0.568. The van der Waals surface area contributed by atoms with Gasteiger partial charge in [0.15, 0.2) is 0 Å². The molecule has 1 N–H and O–H groups in total. The summed E-state index contributed by atoms with van der Waals surface area (Å²) >= 11 is 0. The number of carbonyl (C=O) groups is 1. The number of hydrogen-bond donors (Lipinski definition) is 1. The molecule has 0 fully saturated rings. The third-order valence-corrected chi connectivity index (χ3v) is 3.49. The van der Waals surface area contributed by atoms with Crippen molar-refractivity contribution in [2.24, 2.45) is 0 Å². The standard InChI is InChI=1S/C16H22N4O2/c1-11(2)19(10-12(3)21)16(22)15-9-18-20(13(15)4)14-5-7-17-8-6-14/h5-9,11-12,21H,10H2,1-4H3. The summed E-state index contributed by atoms with van der Waals surface area (Å²) in [6.07, 6.45) is 4.38. The highest BCUT2D eigenvalue weighted by molar-refractivity contribution is 5.95. The molecule has 2 rings (SSSR count). The van der Waals surface area contributed by atoms with Crippen LogP contribution in [0.4, 0.5) is 0 Å². The Morgan fingerprint density at radius 1 is 1.32 bits per heavy atom. The van der Waals surface area contributed by atoms with E-state index in [0.29, 0.717) is 12.1 Å². The lowest BCUT2D eigenvalue weighted by atomic mass is 10.2. The van der Waals surface area contributed by atoms with Gasteiger partial charge in [-0.1, -0.05) is 0 Å². The van der Waals surface area contributed by atoms with Crippen molar-refractivity contribution in [2.75, 3.05) is 6.54 Å². The van der Waals surface area contributed by atoms with E-state index in [1.807, 2.05) is 32.9 Å². The Morgan fingerprint density at radius 3 is 2.50 bits per heavy atom.